The molecular formula is C23H19FN2O4. The van der Waals surface area contributed by atoms with Gasteiger partial charge in [0.25, 0.3) is 0 Å². The molecule has 2 aromatic heterocycles. The lowest BCUT2D eigenvalue weighted by Gasteiger charge is -2.06. The van der Waals surface area contributed by atoms with Gasteiger partial charge in [0.2, 0.25) is 5.78 Å². The zero-order valence-corrected chi connectivity index (χ0v) is 16.7. The van der Waals surface area contributed by atoms with E-state index in [2.05, 4.69) is 10.1 Å². The minimum absolute atomic E-state index is 0.0977. The quantitative estimate of drug-likeness (QED) is 0.278. The lowest BCUT2D eigenvalue weighted by Crippen LogP contribution is -2.06. The summed E-state index contributed by atoms with van der Waals surface area (Å²) in [6.07, 6.45) is 1.59. The van der Waals surface area contributed by atoms with Crippen molar-refractivity contribution in [2.75, 3.05) is 0 Å². The SMILES string of the molecule is CC(=O)Oc1ccc2c(C(=O)c3c(-c4cccc(F)c4)noc3C(C)C)c[nH]c2c1. The van der Waals surface area contributed by atoms with E-state index in [0.29, 0.717) is 44.8 Å². The molecule has 0 radical (unpaired) electrons. The molecular weight excluding hydrogens is 387 g/mol. The summed E-state index contributed by atoms with van der Waals surface area (Å²) in [4.78, 5) is 27.8. The summed E-state index contributed by atoms with van der Waals surface area (Å²) in [6.45, 7) is 5.11. The summed E-state index contributed by atoms with van der Waals surface area (Å²) < 4.78 is 24.4. The molecule has 7 heteroatoms. The Kier molecular flexibility index (Phi) is 4.95. The molecule has 4 aromatic rings. The van der Waals surface area contributed by atoms with Crippen LogP contribution in [0.15, 0.2) is 53.2 Å². The number of H-pyrrole nitrogens is 1. The second kappa shape index (κ2) is 7.59. The van der Waals surface area contributed by atoms with Gasteiger partial charge in [-0.05, 0) is 24.3 Å². The van der Waals surface area contributed by atoms with Gasteiger partial charge in [0.1, 0.15) is 17.3 Å². The first-order valence-corrected chi connectivity index (χ1v) is 9.45. The van der Waals surface area contributed by atoms with E-state index in [1.807, 2.05) is 13.8 Å². The predicted octanol–water partition coefficient (Wildman–Crippen LogP) is 5.24. The van der Waals surface area contributed by atoms with Gasteiger partial charge in [0, 0.05) is 47.1 Å². The summed E-state index contributed by atoms with van der Waals surface area (Å²) >= 11 is 0. The number of carbonyl (C=O) groups excluding carboxylic acids is 2. The number of hydrogen-bond acceptors (Lipinski definition) is 5. The molecule has 0 aliphatic heterocycles. The van der Waals surface area contributed by atoms with Gasteiger partial charge in [0.05, 0.1) is 5.56 Å². The van der Waals surface area contributed by atoms with E-state index >= 15 is 0 Å². The van der Waals surface area contributed by atoms with Gasteiger partial charge in [0.15, 0.2) is 5.76 Å². The molecule has 0 atom stereocenters. The summed E-state index contributed by atoms with van der Waals surface area (Å²) in [5.41, 5.74) is 2.13. The van der Waals surface area contributed by atoms with Crippen molar-refractivity contribution in [3.05, 3.63) is 71.4 Å². The Balaban J connectivity index is 1.83. The van der Waals surface area contributed by atoms with Crippen LogP contribution in [-0.2, 0) is 4.79 Å². The predicted molar refractivity (Wildman–Crippen MR) is 109 cm³/mol. The average molecular weight is 406 g/mol. The molecule has 0 aliphatic rings. The van der Waals surface area contributed by atoms with E-state index in [0.717, 1.165) is 0 Å². The maximum atomic E-state index is 13.8. The molecule has 0 fully saturated rings. The summed E-state index contributed by atoms with van der Waals surface area (Å²) in [7, 11) is 0. The number of ether oxygens (including phenoxy) is 1. The van der Waals surface area contributed by atoms with Crippen LogP contribution in [0.3, 0.4) is 0 Å². The third-order valence-corrected chi connectivity index (χ3v) is 4.73. The molecule has 6 nitrogen and oxygen atoms in total. The number of esters is 1. The first-order chi connectivity index (χ1) is 14.3. The largest absolute Gasteiger partial charge is 0.427 e. The van der Waals surface area contributed by atoms with Crippen LogP contribution in [0.25, 0.3) is 22.2 Å². The Labute approximate surface area is 171 Å². The topological polar surface area (TPSA) is 85.2 Å². The minimum atomic E-state index is -0.428. The fraction of sp³-hybridized carbons (Fsp3) is 0.174. The van der Waals surface area contributed by atoms with Crippen LogP contribution in [0.5, 0.6) is 5.75 Å². The maximum Gasteiger partial charge on any atom is 0.308 e. The fourth-order valence-electron chi connectivity index (χ4n) is 3.41. The highest BCUT2D eigenvalue weighted by molar-refractivity contribution is 6.19. The molecule has 0 amide bonds. The van der Waals surface area contributed by atoms with Crippen molar-refractivity contribution in [2.45, 2.75) is 26.7 Å². The third kappa shape index (κ3) is 3.50. The van der Waals surface area contributed by atoms with Gasteiger partial charge in [-0.3, -0.25) is 9.59 Å². The van der Waals surface area contributed by atoms with Gasteiger partial charge in [-0.25, -0.2) is 4.39 Å². The standard InChI is InChI=1S/C23H19FN2O4/c1-12(2)23-20(21(26-30-23)14-5-4-6-15(24)9-14)22(28)18-11-25-19-10-16(29-13(3)27)7-8-17(18)19/h4-12,25H,1-3H3. The van der Waals surface area contributed by atoms with Crippen LogP contribution >= 0.6 is 0 Å². The number of aromatic amines is 1. The molecule has 2 aromatic carbocycles. The normalized spacial score (nSPS) is 11.2. The third-order valence-electron chi connectivity index (χ3n) is 4.73. The molecule has 0 unspecified atom stereocenters. The van der Waals surface area contributed by atoms with Crippen LogP contribution in [0.1, 0.15) is 48.4 Å². The number of rotatable bonds is 5. The monoisotopic (exact) mass is 406 g/mol. The van der Waals surface area contributed by atoms with Crippen LogP contribution < -0.4 is 4.74 Å². The van der Waals surface area contributed by atoms with Crippen molar-refractivity contribution < 1.29 is 23.2 Å². The molecule has 0 spiro atoms. The second-order valence-corrected chi connectivity index (χ2v) is 7.27. The first kappa shape index (κ1) is 19.6. The van der Waals surface area contributed by atoms with E-state index in [-0.39, 0.29) is 11.7 Å². The van der Waals surface area contributed by atoms with Gasteiger partial charge in [-0.15, -0.1) is 0 Å². The molecule has 0 saturated heterocycles. The Morgan fingerprint density at radius 1 is 1.17 bits per heavy atom. The number of benzene rings is 2. The van der Waals surface area contributed by atoms with E-state index in [1.165, 1.54) is 19.1 Å². The lowest BCUT2D eigenvalue weighted by atomic mass is 9.94. The van der Waals surface area contributed by atoms with Crippen LogP contribution in [0, 0.1) is 5.82 Å². The van der Waals surface area contributed by atoms with Gasteiger partial charge in [-0.1, -0.05) is 31.1 Å². The number of carbonyl (C=O) groups is 2. The van der Waals surface area contributed by atoms with Crippen molar-refractivity contribution >= 4 is 22.7 Å². The average Bonchev–Trinajstić information content (AvgIpc) is 3.31. The Morgan fingerprint density at radius 3 is 2.67 bits per heavy atom. The number of ketones is 1. The fourth-order valence-corrected chi connectivity index (χ4v) is 3.41. The molecule has 0 saturated carbocycles. The van der Waals surface area contributed by atoms with Crippen molar-refractivity contribution in [3.63, 3.8) is 0 Å². The number of nitrogens with zero attached hydrogens (tertiary/aromatic N) is 1. The summed E-state index contributed by atoms with van der Waals surface area (Å²) in [5, 5.41) is 4.74. The van der Waals surface area contributed by atoms with Crippen molar-refractivity contribution in [3.8, 4) is 17.0 Å². The van der Waals surface area contributed by atoms with Crippen LogP contribution in [0.4, 0.5) is 4.39 Å². The van der Waals surface area contributed by atoms with Crippen molar-refractivity contribution in [2.24, 2.45) is 0 Å². The van der Waals surface area contributed by atoms with Crippen molar-refractivity contribution in [1.29, 1.82) is 0 Å². The highest BCUT2D eigenvalue weighted by Crippen LogP contribution is 2.34. The number of nitrogens with one attached hydrogen (secondary N) is 1. The van der Waals surface area contributed by atoms with Crippen LogP contribution in [0.2, 0.25) is 0 Å². The molecule has 30 heavy (non-hydrogen) atoms. The van der Waals surface area contributed by atoms with Gasteiger partial charge in [-0.2, -0.15) is 0 Å². The Hall–Kier alpha value is -3.74. The maximum absolute atomic E-state index is 13.8. The van der Waals surface area contributed by atoms with Crippen LogP contribution in [-0.4, -0.2) is 21.9 Å². The van der Waals surface area contributed by atoms with Crippen molar-refractivity contribution in [1.82, 2.24) is 10.1 Å². The minimum Gasteiger partial charge on any atom is -0.427 e. The van der Waals surface area contributed by atoms with E-state index in [9.17, 15) is 14.0 Å². The number of fused-ring (bicyclic) bond motifs is 1. The zero-order valence-electron chi connectivity index (χ0n) is 16.7. The zero-order chi connectivity index (χ0) is 21.4. The first-order valence-electron chi connectivity index (χ1n) is 9.45. The number of aromatic nitrogens is 2. The molecule has 152 valence electrons. The smallest absolute Gasteiger partial charge is 0.308 e. The molecule has 4 rings (SSSR count). The molecule has 2 heterocycles. The lowest BCUT2D eigenvalue weighted by molar-refractivity contribution is -0.131. The second-order valence-electron chi connectivity index (χ2n) is 7.27. The highest BCUT2D eigenvalue weighted by Gasteiger charge is 2.28. The van der Waals surface area contributed by atoms with E-state index in [4.69, 9.17) is 9.26 Å². The molecule has 0 bridgehead atoms. The Bertz CT molecular complexity index is 1270. The molecule has 1 N–H and O–H groups in total. The Morgan fingerprint density at radius 2 is 1.97 bits per heavy atom. The van der Waals surface area contributed by atoms with Gasteiger partial charge < -0.3 is 14.2 Å². The van der Waals surface area contributed by atoms with E-state index < -0.39 is 11.8 Å². The number of halogens is 1. The summed E-state index contributed by atoms with van der Waals surface area (Å²) in [6, 6.07) is 10.9. The molecule has 0 aliphatic carbocycles. The highest BCUT2D eigenvalue weighted by atomic mass is 19.1. The number of hydrogen-bond donors (Lipinski definition) is 1. The summed E-state index contributed by atoms with van der Waals surface area (Å²) in [5.74, 6) is -0.424. The van der Waals surface area contributed by atoms with Gasteiger partial charge >= 0.3 is 5.97 Å². The van der Waals surface area contributed by atoms with E-state index in [1.54, 1.807) is 36.5 Å².